The van der Waals surface area contributed by atoms with Crippen LogP contribution in [0.4, 0.5) is 0 Å². The highest BCUT2D eigenvalue weighted by atomic mass is 16.4. The van der Waals surface area contributed by atoms with Crippen LogP contribution in [0.15, 0.2) is 36.5 Å². The monoisotopic (exact) mass is 448 g/mol. The number of rotatable bonds is 11. The summed E-state index contributed by atoms with van der Waals surface area (Å²) in [6, 6.07) is 0. The van der Waals surface area contributed by atoms with E-state index in [2.05, 4.69) is 19.7 Å². The maximum absolute atomic E-state index is 9.60. The van der Waals surface area contributed by atoms with Gasteiger partial charge in [0.15, 0.2) is 0 Å². The standard InChI is InChI=1S/C10H22O3.3C4H6O2/c1-10(8-12,9-13)6-4-2-3-5-7-11;3*1-3(2)4(5)6/h11-13H,2-9H2,1H3;3*1H2,2H3,(H,5,6). The van der Waals surface area contributed by atoms with Gasteiger partial charge in [-0.15, -0.1) is 0 Å². The van der Waals surface area contributed by atoms with Gasteiger partial charge in [-0.2, -0.15) is 0 Å². The van der Waals surface area contributed by atoms with Crippen molar-refractivity contribution in [2.75, 3.05) is 19.8 Å². The lowest BCUT2D eigenvalue weighted by atomic mass is 9.86. The lowest BCUT2D eigenvalue weighted by Gasteiger charge is -2.24. The van der Waals surface area contributed by atoms with E-state index in [1.165, 1.54) is 20.8 Å². The highest BCUT2D eigenvalue weighted by Crippen LogP contribution is 2.23. The molecule has 0 heterocycles. The van der Waals surface area contributed by atoms with Crippen LogP contribution in [0.2, 0.25) is 0 Å². The highest BCUT2D eigenvalue weighted by Gasteiger charge is 2.21. The molecular formula is C22H40O9. The third kappa shape index (κ3) is 32.4. The van der Waals surface area contributed by atoms with Gasteiger partial charge in [0.05, 0.1) is 13.2 Å². The van der Waals surface area contributed by atoms with Gasteiger partial charge in [0.1, 0.15) is 0 Å². The van der Waals surface area contributed by atoms with E-state index in [0.717, 1.165) is 32.1 Å². The number of carbonyl (C=O) groups is 3. The Morgan fingerprint density at radius 2 is 0.903 bits per heavy atom. The maximum atomic E-state index is 9.60. The van der Waals surface area contributed by atoms with Gasteiger partial charge in [-0.3, -0.25) is 0 Å². The van der Waals surface area contributed by atoms with Gasteiger partial charge in [0.25, 0.3) is 0 Å². The van der Waals surface area contributed by atoms with Gasteiger partial charge >= 0.3 is 17.9 Å². The maximum Gasteiger partial charge on any atom is 0.330 e. The number of aliphatic hydroxyl groups is 3. The van der Waals surface area contributed by atoms with Crippen molar-refractivity contribution in [2.24, 2.45) is 5.41 Å². The summed E-state index contributed by atoms with van der Waals surface area (Å²) in [6.07, 6.45) is 4.82. The predicted molar refractivity (Wildman–Crippen MR) is 120 cm³/mol. The topological polar surface area (TPSA) is 173 Å². The van der Waals surface area contributed by atoms with Gasteiger partial charge in [-0.05, 0) is 33.6 Å². The van der Waals surface area contributed by atoms with Gasteiger partial charge in [-0.25, -0.2) is 14.4 Å². The lowest BCUT2D eigenvalue weighted by molar-refractivity contribution is -0.133. The number of aliphatic carboxylic acids is 3. The molecule has 0 unspecified atom stereocenters. The van der Waals surface area contributed by atoms with Gasteiger partial charge in [0, 0.05) is 28.7 Å². The molecular weight excluding hydrogens is 408 g/mol. The zero-order valence-corrected chi connectivity index (χ0v) is 19.2. The van der Waals surface area contributed by atoms with E-state index in [1.54, 1.807) is 0 Å². The third-order valence-electron chi connectivity index (χ3n) is 3.55. The molecule has 0 rings (SSSR count). The first kappa shape index (κ1) is 35.9. The smallest absolute Gasteiger partial charge is 0.330 e. The van der Waals surface area contributed by atoms with E-state index < -0.39 is 17.9 Å². The van der Waals surface area contributed by atoms with Crippen LogP contribution >= 0.6 is 0 Å². The second-order valence-electron chi connectivity index (χ2n) is 7.27. The molecule has 9 nitrogen and oxygen atoms in total. The molecule has 0 saturated carbocycles. The van der Waals surface area contributed by atoms with Crippen molar-refractivity contribution in [3.05, 3.63) is 36.5 Å². The van der Waals surface area contributed by atoms with Gasteiger partial charge in [0.2, 0.25) is 0 Å². The first-order chi connectivity index (χ1) is 14.1. The van der Waals surface area contributed by atoms with Crippen molar-refractivity contribution in [3.8, 4) is 0 Å². The molecule has 0 aromatic carbocycles. The Morgan fingerprint density at radius 3 is 1.10 bits per heavy atom. The minimum atomic E-state index is -0.935. The van der Waals surface area contributed by atoms with Gasteiger partial charge in [-0.1, -0.05) is 45.9 Å². The summed E-state index contributed by atoms with van der Waals surface area (Å²) in [5, 5.41) is 50.2. The fraction of sp³-hybridized carbons (Fsp3) is 0.591. The second kappa shape index (κ2) is 22.2. The van der Waals surface area contributed by atoms with Crippen LogP contribution < -0.4 is 0 Å². The molecule has 0 saturated heterocycles. The Labute approximate surface area is 185 Å². The van der Waals surface area contributed by atoms with Crippen molar-refractivity contribution in [1.82, 2.24) is 0 Å². The molecule has 0 aromatic heterocycles. The van der Waals surface area contributed by atoms with Crippen LogP contribution in [0.1, 0.15) is 59.8 Å². The molecule has 6 N–H and O–H groups in total. The van der Waals surface area contributed by atoms with Crippen molar-refractivity contribution >= 4 is 17.9 Å². The van der Waals surface area contributed by atoms with Crippen LogP contribution in [-0.4, -0.2) is 68.4 Å². The number of hydrogen-bond acceptors (Lipinski definition) is 6. The van der Waals surface area contributed by atoms with E-state index in [4.69, 9.17) is 30.6 Å². The molecule has 0 radical (unpaired) electrons. The molecule has 0 aliphatic rings. The summed E-state index contributed by atoms with van der Waals surface area (Å²) >= 11 is 0. The Bertz CT molecular complexity index is 468. The summed E-state index contributed by atoms with van der Waals surface area (Å²) in [5.41, 5.74) is 0.208. The zero-order valence-electron chi connectivity index (χ0n) is 19.2. The SMILES string of the molecule is C=C(C)C(=O)O.C=C(C)C(=O)O.C=C(C)C(=O)O.CC(CO)(CO)CCCCCCO. The van der Waals surface area contributed by atoms with E-state index in [9.17, 15) is 14.4 Å². The third-order valence-corrected chi connectivity index (χ3v) is 3.55. The molecule has 0 bridgehead atoms. The van der Waals surface area contributed by atoms with Crippen LogP contribution in [0, 0.1) is 5.41 Å². The zero-order chi connectivity index (χ0) is 25.6. The summed E-state index contributed by atoms with van der Waals surface area (Å²) in [5.74, 6) is -2.81. The average molecular weight is 449 g/mol. The predicted octanol–water partition coefficient (Wildman–Crippen LogP) is 2.86. The molecule has 9 heteroatoms. The van der Waals surface area contributed by atoms with Crippen LogP contribution in [-0.2, 0) is 14.4 Å². The van der Waals surface area contributed by atoms with Crippen molar-refractivity contribution in [2.45, 2.75) is 59.8 Å². The van der Waals surface area contributed by atoms with E-state index in [0.29, 0.717) is 0 Å². The van der Waals surface area contributed by atoms with Gasteiger partial charge < -0.3 is 30.6 Å². The number of aliphatic hydroxyl groups excluding tert-OH is 3. The fourth-order valence-corrected chi connectivity index (χ4v) is 1.23. The number of carboxylic acid groups (broad SMARTS) is 3. The molecule has 0 fully saturated rings. The summed E-state index contributed by atoms with van der Waals surface area (Å²) in [4.78, 5) is 28.8. The van der Waals surface area contributed by atoms with Crippen molar-refractivity contribution in [1.29, 1.82) is 0 Å². The molecule has 0 aliphatic carbocycles. The van der Waals surface area contributed by atoms with Crippen LogP contribution in [0.5, 0.6) is 0 Å². The lowest BCUT2D eigenvalue weighted by Crippen LogP contribution is -2.25. The average Bonchev–Trinajstić information content (AvgIpc) is 2.68. The number of carboxylic acids is 3. The molecule has 0 spiro atoms. The molecule has 0 aromatic rings. The van der Waals surface area contributed by atoms with Crippen LogP contribution in [0.3, 0.4) is 0 Å². The second-order valence-corrected chi connectivity index (χ2v) is 7.27. The normalized spacial score (nSPS) is 9.39. The molecule has 182 valence electrons. The number of hydrogen-bond donors (Lipinski definition) is 6. The quantitative estimate of drug-likeness (QED) is 0.205. The largest absolute Gasteiger partial charge is 0.478 e. The molecule has 31 heavy (non-hydrogen) atoms. The Hall–Kier alpha value is -2.49. The first-order valence-corrected chi connectivity index (χ1v) is 9.60. The molecule has 0 amide bonds. The van der Waals surface area contributed by atoms with E-state index >= 15 is 0 Å². The Morgan fingerprint density at radius 1 is 0.645 bits per heavy atom. The summed E-state index contributed by atoms with van der Waals surface area (Å²) in [7, 11) is 0. The van der Waals surface area contributed by atoms with Crippen molar-refractivity contribution in [3.63, 3.8) is 0 Å². The van der Waals surface area contributed by atoms with Crippen LogP contribution in [0.25, 0.3) is 0 Å². The van der Waals surface area contributed by atoms with E-state index in [1.807, 2.05) is 6.92 Å². The first-order valence-electron chi connectivity index (χ1n) is 9.60. The molecule has 0 atom stereocenters. The number of unbranched alkanes of at least 4 members (excludes halogenated alkanes) is 3. The Balaban J connectivity index is -0.000000171. The highest BCUT2D eigenvalue weighted by molar-refractivity contribution is 5.85. The minimum Gasteiger partial charge on any atom is -0.478 e. The van der Waals surface area contributed by atoms with Crippen molar-refractivity contribution < 1.29 is 45.0 Å². The minimum absolute atomic E-state index is 0.0451. The summed E-state index contributed by atoms with van der Waals surface area (Å²) < 4.78 is 0. The van der Waals surface area contributed by atoms with E-state index in [-0.39, 0.29) is 42.0 Å². The molecule has 0 aliphatic heterocycles. The fourth-order valence-electron chi connectivity index (χ4n) is 1.23. The Kier molecular flexibility index (Phi) is 25.7. The summed E-state index contributed by atoms with van der Waals surface area (Å²) in [6.45, 7) is 16.0.